The summed E-state index contributed by atoms with van der Waals surface area (Å²) in [6, 6.07) is 20.1. The smallest absolute Gasteiger partial charge is 0.267 e. The fraction of sp³-hybridized carbons (Fsp3) is 0. The first-order chi connectivity index (χ1) is 14.2. The number of halogens is 1. The minimum Gasteiger partial charge on any atom is -0.267 e. The molecule has 0 unspecified atom stereocenters. The van der Waals surface area contributed by atoms with Gasteiger partial charge in [0, 0.05) is 40.3 Å². The van der Waals surface area contributed by atoms with Gasteiger partial charge in [-0.05, 0) is 48.5 Å². The van der Waals surface area contributed by atoms with Crippen LogP contribution in [0.5, 0.6) is 0 Å². The second-order valence-corrected chi connectivity index (χ2v) is 6.60. The second kappa shape index (κ2) is 8.50. The highest BCUT2D eigenvalue weighted by atomic mass is 35.5. The molecule has 4 aromatic rings. The summed E-state index contributed by atoms with van der Waals surface area (Å²) < 4.78 is 1.77. The van der Waals surface area contributed by atoms with E-state index < -0.39 is 0 Å². The van der Waals surface area contributed by atoms with Crippen molar-refractivity contribution >= 4 is 23.7 Å². The van der Waals surface area contributed by atoms with E-state index in [0.717, 1.165) is 16.8 Å². The highest BCUT2D eigenvalue weighted by molar-refractivity contribution is 6.30. The minimum atomic E-state index is -0.323. The zero-order valence-electron chi connectivity index (χ0n) is 15.2. The molecule has 0 bridgehead atoms. The topological polar surface area (TPSA) is 72.2 Å². The number of hydrogen-bond donors (Lipinski definition) is 1. The Morgan fingerprint density at radius 1 is 1.03 bits per heavy atom. The molecule has 0 saturated heterocycles. The van der Waals surface area contributed by atoms with Crippen LogP contribution in [0.15, 0.2) is 90.4 Å². The van der Waals surface area contributed by atoms with Crippen LogP contribution in [-0.2, 0) is 0 Å². The summed E-state index contributed by atoms with van der Waals surface area (Å²) in [6.07, 6.45) is 6.87. The van der Waals surface area contributed by atoms with E-state index in [1.54, 1.807) is 47.6 Å². The summed E-state index contributed by atoms with van der Waals surface area (Å²) in [6.45, 7) is 0. The van der Waals surface area contributed by atoms with Crippen molar-refractivity contribution in [3.05, 3.63) is 101 Å². The Balaban J connectivity index is 1.61. The van der Waals surface area contributed by atoms with E-state index in [1.807, 2.05) is 48.7 Å². The number of pyridine rings is 1. The zero-order valence-corrected chi connectivity index (χ0v) is 16.0. The maximum atomic E-state index is 12.2. The lowest BCUT2D eigenvalue weighted by molar-refractivity contribution is 0.0955. The monoisotopic (exact) mass is 401 g/mol. The van der Waals surface area contributed by atoms with Crippen molar-refractivity contribution in [3.63, 3.8) is 0 Å². The first-order valence-corrected chi connectivity index (χ1v) is 9.23. The molecule has 0 saturated carbocycles. The van der Waals surface area contributed by atoms with Gasteiger partial charge < -0.3 is 0 Å². The summed E-state index contributed by atoms with van der Waals surface area (Å²) in [7, 11) is 0. The van der Waals surface area contributed by atoms with E-state index in [4.69, 9.17) is 11.6 Å². The Labute approximate surface area is 172 Å². The molecule has 142 valence electrons. The lowest BCUT2D eigenvalue weighted by Crippen LogP contribution is -2.17. The van der Waals surface area contributed by atoms with Crippen LogP contribution in [0.2, 0.25) is 5.02 Å². The van der Waals surface area contributed by atoms with Crippen LogP contribution in [0.1, 0.15) is 15.9 Å². The molecule has 0 atom stereocenters. The van der Waals surface area contributed by atoms with Gasteiger partial charge in [-0.1, -0.05) is 29.8 Å². The third-order valence-corrected chi connectivity index (χ3v) is 4.43. The van der Waals surface area contributed by atoms with Crippen molar-refractivity contribution in [2.24, 2.45) is 5.10 Å². The normalized spacial score (nSPS) is 10.9. The Bertz CT molecular complexity index is 1140. The summed E-state index contributed by atoms with van der Waals surface area (Å²) in [5.74, 6) is -0.323. The van der Waals surface area contributed by atoms with Gasteiger partial charge in [-0.3, -0.25) is 9.78 Å². The van der Waals surface area contributed by atoms with E-state index in [0.29, 0.717) is 16.3 Å². The lowest BCUT2D eigenvalue weighted by atomic mass is 10.1. The molecular formula is C22H16ClN5O. The predicted molar refractivity (Wildman–Crippen MR) is 113 cm³/mol. The number of para-hydroxylation sites is 1. The quantitative estimate of drug-likeness (QED) is 0.399. The third kappa shape index (κ3) is 4.39. The van der Waals surface area contributed by atoms with Crippen LogP contribution >= 0.6 is 11.6 Å². The number of amides is 1. The summed E-state index contributed by atoms with van der Waals surface area (Å²) >= 11 is 5.85. The van der Waals surface area contributed by atoms with Crippen molar-refractivity contribution < 1.29 is 4.79 Å². The SMILES string of the molecule is O=C(N/N=C\c1cn(-c2ccccc2)nc1-c1cccnc1)c1ccc(Cl)cc1. The molecule has 0 aliphatic carbocycles. The number of nitrogens with one attached hydrogen (secondary N) is 1. The number of hydrazone groups is 1. The maximum absolute atomic E-state index is 12.2. The number of nitrogens with zero attached hydrogens (tertiary/aromatic N) is 4. The van der Waals surface area contributed by atoms with E-state index >= 15 is 0 Å². The van der Waals surface area contributed by atoms with Crippen molar-refractivity contribution in [2.75, 3.05) is 0 Å². The van der Waals surface area contributed by atoms with Crippen LogP contribution in [0, 0.1) is 0 Å². The van der Waals surface area contributed by atoms with Crippen LogP contribution in [-0.4, -0.2) is 26.9 Å². The number of benzene rings is 2. The highest BCUT2D eigenvalue weighted by Crippen LogP contribution is 2.21. The van der Waals surface area contributed by atoms with Gasteiger partial charge in [0.25, 0.3) is 5.91 Å². The van der Waals surface area contributed by atoms with Crippen LogP contribution in [0.4, 0.5) is 0 Å². The molecule has 0 radical (unpaired) electrons. The van der Waals surface area contributed by atoms with Gasteiger partial charge in [0.05, 0.1) is 11.9 Å². The van der Waals surface area contributed by atoms with E-state index in [1.165, 1.54) is 0 Å². The van der Waals surface area contributed by atoms with Crippen molar-refractivity contribution in [3.8, 4) is 16.9 Å². The Kier molecular flexibility index (Phi) is 5.45. The van der Waals surface area contributed by atoms with Crippen molar-refractivity contribution in [1.29, 1.82) is 0 Å². The predicted octanol–water partition coefficient (Wildman–Crippen LogP) is 4.35. The molecule has 6 nitrogen and oxygen atoms in total. The third-order valence-electron chi connectivity index (χ3n) is 4.17. The standard InChI is InChI=1S/C22H16ClN5O/c23-19-10-8-16(9-11-19)22(29)26-25-14-18-15-28(20-6-2-1-3-7-20)27-21(18)17-5-4-12-24-13-17/h1-15H,(H,26,29)/b25-14-. The van der Waals surface area contributed by atoms with Crippen LogP contribution < -0.4 is 5.43 Å². The largest absolute Gasteiger partial charge is 0.271 e. The van der Waals surface area contributed by atoms with E-state index in [2.05, 4.69) is 20.6 Å². The number of carbonyl (C=O) groups is 1. The average molecular weight is 402 g/mol. The number of hydrogen-bond acceptors (Lipinski definition) is 4. The molecule has 0 fully saturated rings. The summed E-state index contributed by atoms with van der Waals surface area (Å²) in [5, 5.41) is 9.35. The molecule has 29 heavy (non-hydrogen) atoms. The van der Waals surface area contributed by atoms with Crippen molar-refractivity contribution in [1.82, 2.24) is 20.2 Å². The number of carbonyl (C=O) groups excluding carboxylic acids is 1. The minimum absolute atomic E-state index is 0.323. The van der Waals surface area contributed by atoms with Gasteiger partial charge in [0.1, 0.15) is 5.69 Å². The van der Waals surface area contributed by atoms with Crippen LogP contribution in [0.3, 0.4) is 0 Å². The second-order valence-electron chi connectivity index (χ2n) is 6.16. The molecule has 0 aliphatic heterocycles. The number of aromatic nitrogens is 3. The summed E-state index contributed by atoms with van der Waals surface area (Å²) in [5.41, 5.74) is 6.24. The molecule has 2 aromatic carbocycles. The van der Waals surface area contributed by atoms with Crippen LogP contribution in [0.25, 0.3) is 16.9 Å². The molecule has 0 aliphatic rings. The molecule has 2 aromatic heterocycles. The lowest BCUT2D eigenvalue weighted by Gasteiger charge is -2.00. The zero-order chi connectivity index (χ0) is 20.1. The van der Waals surface area contributed by atoms with Gasteiger partial charge in [0.15, 0.2) is 0 Å². The van der Waals surface area contributed by atoms with Gasteiger partial charge >= 0.3 is 0 Å². The molecule has 1 amide bonds. The van der Waals surface area contributed by atoms with Gasteiger partial charge in [-0.2, -0.15) is 10.2 Å². The summed E-state index contributed by atoms with van der Waals surface area (Å²) in [4.78, 5) is 16.4. The fourth-order valence-corrected chi connectivity index (χ4v) is 2.87. The Morgan fingerprint density at radius 2 is 1.83 bits per heavy atom. The molecular weight excluding hydrogens is 386 g/mol. The molecule has 2 heterocycles. The first kappa shape index (κ1) is 18.6. The first-order valence-electron chi connectivity index (χ1n) is 8.85. The van der Waals surface area contributed by atoms with Gasteiger partial charge in [-0.15, -0.1) is 0 Å². The van der Waals surface area contributed by atoms with Gasteiger partial charge in [0.2, 0.25) is 0 Å². The highest BCUT2D eigenvalue weighted by Gasteiger charge is 2.11. The van der Waals surface area contributed by atoms with Crippen molar-refractivity contribution in [2.45, 2.75) is 0 Å². The Hall–Kier alpha value is -3.77. The molecule has 0 spiro atoms. The van der Waals surface area contributed by atoms with E-state index in [-0.39, 0.29) is 5.91 Å². The average Bonchev–Trinajstić information content (AvgIpc) is 3.19. The number of rotatable bonds is 5. The van der Waals surface area contributed by atoms with Gasteiger partial charge in [-0.25, -0.2) is 10.1 Å². The van der Waals surface area contributed by atoms with E-state index in [9.17, 15) is 4.79 Å². The molecule has 1 N–H and O–H groups in total. The fourth-order valence-electron chi connectivity index (χ4n) is 2.75. The maximum Gasteiger partial charge on any atom is 0.271 e. The molecule has 7 heteroatoms. The Morgan fingerprint density at radius 3 is 2.55 bits per heavy atom. The molecule has 4 rings (SSSR count).